The van der Waals surface area contributed by atoms with E-state index in [-0.39, 0.29) is 0 Å². The zero-order valence-electron chi connectivity index (χ0n) is 14.2. The maximum Gasteiger partial charge on any atom is 0.165 e. The summed E-state index contributed by atoms with van der Waals surface area (Å²) in [6.07, 6.45) is 2.70. The molecule has 128 valence electrons. The molecule has 24 heavy (non-hydrogen) atoms. The molecule has 1 aliphatic carbocycles. The van der Waals surface area contributed by atoms with Crippen molar-refractivity contribution in [3.63, 3.8) is 0 Å². The van der Waals surface area contributed by atoms with Crippen LogP contribution in [0.25, 0.3) is 0 Å². The third-order valence-electron chi connectivity index (χ3n) is 4.07. The molecular weight excluding hydrogens is 302 g/mol. The Morgan fingerprint density at radius 2 is 1.75 bits per heavy atom. The van der Waals surface area contributed by atoms with E-state index in [1.54, 1.807) is 7.11 Å². The van der Waals surface area contributed by atoms with Crippen LogP contribution in [0.15, 0.2) is 48.5 Å². The summed E-state index contributed by atoms with van der Waals surface area (Å²) in [6.45, 7) is 2.85. The maximum atomic E-state index is 5.96. The minimum atomic E-state index is 0.477. The van der Waals surface area contributed by atoms with Gasteiger partial charge in [-0.25, -0.2) is 0 Å². The van der Waals surface area contributed by atoms with Crippen molar-refractivity contribution >= 4 is 0 Å². The van der Waals surface area contributed by atoms with Gasteiger partial charge in [-0.15, -0.1) is 0 Å². The average molecular weight is 327 g/mol. The summed E-state index contributed by atoms with van der Waals surface area (Å²) in [5.41, 5.74) is 1.12. The standard InChI is InChI=1S/C20H25NO3/c1-22-19-9-5-6-17(15-21-14-16-10-11-16)20(19)24-13-12-23-18-7-3-2-4-8-18/h2-9,16,21H,10-15H2,1H3. The molecule has 2 aromatic rings. The van der Waals surface area contributed by atoms with Crippen LogP contribution in [-0.2, 0) is 6.54 Å². The Labute approximate surface area is 143 Å². The molecule has 1 N–H and O–H groups in total. The van der Waals surface area contributed by atoms with Crippen LogP contribution in [0.2, 0.25) is 0 Å². The van der Waals surface area contributed by atoms with Crippen LogP contribution in [0.1, 0.15) is 18.4 Å². The van der Waals surface area contributed by atoms with Crippen molar-refractivity contribution in [2.45, 2.75) is 19.4 Å². The fourth-order valence-corrected chi connectivity index (χ4v) is 2.58. The first-order chi connectivity index (χ1) is 11.9. The van der Waals surface area contributed by atoms with E-state index in [0.717, 1.165) is 41.8 Å². The second-order valence-electron chi connectivity index (χ2n) is 6.03. The van der Waals surface area contributed by atoms with E-state index in [2.05, 4.69) is 11.4 Å². The minimum Gasteiger partial charge on any atom is -0.493 e. The highest BCUT2D eigenvalue weighted by atomic mass is 16.5. The molecule has 0 aromatic heterocycles. The molecule has 1 saturated carbocycles. The molecular formula is C20H25NO3. The fraction of sp³-hybridized carbons (Fsp3) is 0.400. The topological polar surface area (TPSA) is 39.7 Å². The van der Waals surface area contributed by atoms with Crippen LogP contribution in [0.3, 0.4) is 0 Å². The second kappa shape index (κ2) is 8.60. The lowest BCUT2D eigenvalue weighted by atomic mass is 10.2. The van der Waals surface area contributed by atoms with Crippen LogP contribution in [0.5, 0.6) is 17.2 Å². The molecule has 4 nitrogen and oxygen atoms in total. The third kappa shape index (κ3) is 4.90. The van der Waals surface area contributed by atoms with Crippen molar-refractivity contribution in [1.82, 2.24) is 5.32 Å². The molecule has 0 amide bonds. The Bertz CT molecular complexity index is 626. The van der Waals surface area contributed by atoms with E-state index in [0.29, 0.717) is 13.2 Å². The van der Waals surface area contributed by atoms with Crippen LogP contribution in [0.4, 0.5) is 0 Å². The summed E-state index contributed by atoms with van der Waals surface area (Å²) in [4.78, 5) is 0. The number of para-hydroxylation sites is 2. The van der Waals surface area contributed by atoms with E-state index in [1.807, 2.05) is 42.5 Å². The van der Waals surface area contributed by atoms with Crippen LogP contribution in [0, 0.1) is 5.92 Å². The highest BCUT2D eigenvalue weighted by Gasteiger charge is 2.20. The van der Waals surface area contributed by atoms with E-state index < -0.39 is 0 Å². The van der Waals surface area contributed by atoms with E-state index in [4.69, 9.17) is 14.2 Å². The van der Waals surface area contributed by atoms with Gasteiger partial charge in [0.05, 0.1) is 7.11 Å². The van der Waals surface area contributed by atoms with Gasteiger partial charge < -0.3 is 19.5 Å². The summed E-state index contributed by atoms with van der Waals surface area (Å²) >= 11 is 0. The van der Waals surface area contributed by atoms with Gasteiger partial charge >= 0.3 is 0 Å². The van der Waals surface area contributed by atoms with E-state index in [1.165, 1.54) is 12.8 Å². The lowest BCUT2D eigenvalue weighted by Crippen LogP contribution is -2.18. The molecule has 0 bridgehead atoms. The number of rotatable bonds is 10. The lowest BCUT2D eigenvalue weighted by Gasteiger charge is -2.16. The van der Waals surface area contributed by atoms with Crippen molar-refractivity contribution in [2.75, 3.05) is 26.9 Å². The average Bonchev–Trinajstić information content (AvgIpc) is 3.44. The number of methoxy groups -OCH3 is 1. The Hall–Kier alpha value is -2.20. The smallest absolute Gasteiger partial charge is 0.165 e. The number of hydrogen-bond donors (Lipinski definition) is 1. The molecule has 0 atom stereocenters. The zero-order valence-corrected chi connectivity index (χ0v) is 14.2. The molecule has 4 heteroatoms. The van der Waals surface area contributed by atoms with Gasteiger partial charge in [0.2, 0.25) is 0 Å². The molecule has 0 aliphatic heterocycles. The van der Waals surface area contributed by atoms with E-state index in [9.17, 15) is 0 Å². The van der Waals surface area contributed by atoms with Crippen LogP contribution in [-0.4, -0.2) is 26.9 Å². The number of benzene rings is 2. The predicted octanol–water partition coefficient (Wildman–Crippen LogP) is 3.65. The van der Waals surface area contributed by atoms with Gasteiger partial charge in [0, 0.05) is 12.1 Å². The summed E-state index contributed by atoms with van der Waals surface area (Å²) < 4.78 is 17.1. The van der Waals surface area contributed by atoms with Crippen molar-refractivity contribution in [3.05, 3.63) is 54.1 Å². The molecule has 0 radical (unpaired) electrons. The molecule has 3 rings (SSSR count). The van der Waals surface area contributed by atoms with Gasteiger partial charge in [-0.05, 0) is 43.5 Å². The molecule has 1 aliphatic rings. The molecule has 0 heterocycles. The Morgan fingerprint density at radius 1 is 0.958 bits per heavy atom. The van der Waals surface area contributed by atoms with Crippen LogP contribution >= 0.6 is 0 Å². The Morgan fingerprint density at radius 3 is 2.50 bits per heavy atom. The second-order valence-corrected chi connectivity index (χ2v) is 6.03. The zero-order chi connectivity index (χ0) is 16.6. The molecule has 1 fully saturated rings. The first kappa shape index (κ1) is 16.7. The number of nitrogens with one attached hydrogen (secondary N) is 1. The van der Waals surface area contributed by atoms with Gasteiger partial charge in [0.25, 0.3) is 0 Å². The molecule has 0 saturated heterocycles. The van der Waals surface area contributed by atoms with Crippen molar-refractivity contribution < 1.29 is 14.2 Å². The highest BCUT2D eigenvalue weighted by molar-refractivity contribution is 5.46. The van der Waals surface area contributed by atoms with Gasteiger partial charge in [-0.1, -0.05) is 30.3 Å². The highest BCUT2D eigenvalue weighted by Crippen LogP contribution is 2.32. The number of ether oxygens (including phenoxy) is 3. The first-order valence-corrected chi connectivity index (χ1v) is 8.54. The molecule has 0 spiro atoms. The quantitative estimate of drug-likeness (QED) is 0.676. The molecule has 0 unspecified atom stereocenters. The molecule has 2 aromatic carbocycles. The fourth-order valence-electron chi connectivity index (χ4n) is 2.58. The summed E-state index contributed by atoms with van der Waals surface area (Å²) in [7, 11) is 1.67. The normalized spacial score (nSPS) is 13.5. The Kier molecular flexibility index (Phi) is 5.96. The maximum absolute atomic E-state index is 5.96. The largest absolute Gasteiger partial charge is 0.493 e. The van der Waals surface area contributed by atoms with E-state index >= 15 is 0 Å². The van der Waals surface area contributed by atoms with Crippen molar-refractivity contribution in [3.8, 4) is 17.2 Å². The first-order valence-electron chi connectivity index (χ1n) is 8.54. The predicted molar refractivity (Wildman–Crippen MR) is 94.9 cm³/mol. The minimum absolute atomic E-state index is 0.477. The number of hydrogen-bond acceptors (Lipinski definition) is 4. The van der Waals surface area contributed by atoms with Crippen molar-refractivity contribution in [1.29, 1.82) is 0 Å². The van der Waals surface area contributed by atoms with Crippen LogP contribution < -0.4 is 19.5 Å². The van der Waals surface area contributed by atoms with Gasteiger partial charge in [0.1, 0.15) is 19.0 Å². The monoisotopic (exact) mass is 327 g/mol. The summed E-state index contributed by atoms with van der Waals surface area (Å²) in [6, 6.07) is 15.8. The van der Waals surface area contributed by atoms with Gasteiger partial charge in [0.15, 0.2) is 11.5 Å². The summed E-state index contributed by atoms with van der Waals surface area (Å²) in [5.74, 6) is 3.28. The van der Waals surface area contributed by atoms with Gasteiger partial charge in [-0.2, -0.15) is 0 Å². The Balaban J connectivity index is 1.53. The SMILES string of the molecule is COc1cccc(CNCC2CC2)c1OCCOc1ccccc1. The third-order valence-corrected chi connectivity index (χ3v) is 4.07. The van der Waals surface area contributed by atoms with Gasteiger partial charge in [-0.3, -0.25) is 0 Å². The lowest BCUT2D eigenvalue weighted by molar-refractivity contribution is 0.209. The summed E-state index contributed by atoms with van der Waals surface area (Å²) in [5, 5.41) is 3.50. The van der Waals surface area contributed by atoms with Crippen molar-refractivity contribution in [2.24, 2.45) is 5.92 Å².